The van der Waals surface area contributed by atoms with E-state index in [2.05, 4.69) is 4.90 Å². The molecule has 2 fully saturated rings. The van der Waals surface area contributed by atoms with Crippen molar-refractivity contribution in [1.29, 1.82) is 0 Å². The van der Waals surface area contributed by atoms with Crippen molar-refractivity contribution in [3.05, 3.63) is 29.3 Å². The van der Waals surface area contributed by atoms with Gasteiger partial charge in [-0.25, -0.2) is 4.79 Å². The molecule has 10 heteroatoms. The molecule has 0 aliphatic carbocycles. The number of fused-ring (bicyclic) bond motifs is 1. The normalized spacial score (nSPS) is 23.8. The molecular formula is C23H30N4O6. The number of piperazine rings is 1. The molecule has 1 aromatic carbocycles. The molecule has 1 aromatic rings. The quantitative estimate of drug-likeness (QED) is 0.666. The first kappa shape index (κ1) is 23.0. The number of aliphatic hydroxyl groups excluding tert-OH is 1. The van der Waals surface area contributed by atoms with Crippen molar-refractivity contribution in [3.8, 4) is 0 Å². The number of aliphatic hydroxyl groups is 1. The lowest BCUT2D eigenvalue weighted by atomic mass is 10.0. The van der Waals surface area contributed by atoms with Gasteiger partial charge in [-0.15, -0.1) is 0 Å². The van der Waals surface area contributed by atoms with Crippen LogP contribution in [0.4, 0.5) is 10.5 Å². The van der Waals surface area contributed by atoms with Crippen molar-refractivity contribution in [2.75, 3.05) is 38.1 Å². The van der Waals surface area contributed by atoms with Crippen LogP contribution in [0, 0.1) is 0 Å². The largest absolute Gasteiger partial charge is 0.444 e. The van der Waals surface area contributed by atoms with Crippen molar-refractivity contribution < 1.29 is 29.0 Å². The van der Waals surface area contributed by atoms with Gasteiger partial charge in [-0.1, -0.05) is 0 Å². The monoisotopic (exact) mass is 458 g/mol. The maximum Gasteiger partial charge on any atom is 0.410 e. The second kappa shape index (κ2) is 8.33. The molecule has 0 saturated carbocycles. The third kappa shape index (κ3) is 4.27. The average molecular weight is 459 g/mol. The van der Waals surface area contributed by atoms with Crippen LogP contribution in [-0.4, -0.2) is 88.5 Å². The Balaban J connectivity index is 1.47. The van der Waals surface area contributed by atoms with Gasteiger partial charge in [0, 0.05) is 56.5 Å². The number of nitrogens with zero attached hydrogens (tertiary/aromatic N) is 4. The standard InChI is InChI=1S/C23H30N4O6/c1-23(2,3)33-22(32)26-11-9-25(10-12-26)14-5-6-15-16(13-14)20(30)27(19(15)29)17-7-8-18(28)24(4)21(17)31/h5-6,13,17,20,30H,7-12H2,1-4H3. The number of imide groups is 1. The molecule has 0 spiro atoms. The van der Waals surface area contributed by atoms with Crippen LogP contribution in [0.5, 0.6) is 0 Å². The highest BCUT2D eigenvalue weighted by Crippen LogP contribution is 2.38. The van der Waals surface area contributed by atoms with Crippen LogP contribution < -0.4 is 4.90 Å². The summed E-state index contributed by atoms with van der Waals surface area (Å²) >= 11 is 0. The Labute approximate surface area is 192 Å². The Morgan fingerprint density at radius 1 is 1.09 bits per heavy atom. The van der Waals surface area contributed by atoms with E-state index in [1.807, 2.05) is 26.8 Å². The minimum absolute atomic E-state index is 0.146. The van der Waals surface area contributed by atoms with Gasteiger partial charge in [0.1, 0.15) is 11.6 Å². The van der Waals surface area contributed by atoms with Crippen molar-refractivity contribution in [2.24, 2.45) is 0 Å². The van der Waals surface area contributed by atoms with Crippen LogP contribution >= 0.6 is 0 Å². The van der Waals surface area contributed by atoms with Crippen LogP contribution in [-0.2, 0) is 14.3 Å². The van der Waals surface area contributed by atoms with E-state index >= 15 is 0 Å². The molecule has 1 N–H and O–H groups in total. The molecule has 4 amide bonds. The Hall–Kier alpha value is -3.14. The summed E-state index contributed by atoms with van der Waals surface area (Å²) in [6.07, 6.45) is -1.26. The molecule has 3 heterocycles. The summed E-state index contributed by atoms with van der Waals surface area (Å²) in [5, 5.41) is 10.9. The lowest BCUT2D eigenvalue weighted by Crippen LogP contribution is -2.54. The highest BCUT2D eigenvalue weighted by Gasteiger charge is 2.46. The molecule has 3 aliphatic rings. The fourth-order valence-electron chi connectivity index (χ4n) is 4.50. The third-order valence-electron chi connectivity index (χ3n) is 6.30. The number of hydrogen-bond acceptors (Lipinski definition) is 7. The maximum absolute atomic E-state index is 13.0. The second-order valence-corrected chi connectivity index (χ2v) is 9.66. The molecule has 4 rings (SSSR count). The molecular weight excluding hydrogens is 428 g/mol. The number of carbonyl (C=O) groups excluding carboxylic acids is 4. The highest BCUT2D eigenvalue weighted by atomic mass is 16.6. The van der Waals surface area contributed by atoms with E-state index in [1.54, 1.807) is 17.0 Å². The lowest BCUT2D eigenvalue weighted by molar-refractivity contribution is -0.153. The van der Waals surface area contributed by atoms with E-state index in [1.165, 1.54) is 11.9 Å². The minimum Gasteiger partial charge on any atom is -0.444 e. The Morgan fingerprint density at radius 2 is 1.76 bits per heavy atom. The Kier molecular flexibility index (Phi) is 5.81. The summed E-state index contributed by atoms with van der Waals surface area (Å²) in [5.74, 6) is -1.19. The van der Waals surface area contributed by atoms with Gasteiger partial charge < -0.3 is 19.6 Å². The topological polar surface area (TPSA) is 111 Å². The first-order valence-corrected chi connectivity index (χ1v) is 11.2. The minimum atomic E-state index is -1.26. The smallest absolute Gasteiger partial charge is 0.410 e. The molecule has 2 unspecified atom stereocenters. The SMILES string of the molecule is CN1C(=O)CCC(N2C(=O)c3ccc(N4CCN(C(=O)OC(C)(C)C)CC4)cc3C2O)C1=O. The zero-order chi connectivity index (χ0) is 24.1. The summed E-state index contributed by atoms with van der Waals surface area (Å²) in [4.78, 5) is 55.7. The van der Waals surface area contributed by atoms with Crippen molar-refractivity contribution >= 4 is 29.5 Å². The van der Waals surface area contributed by atoms with E-state index < -0.39 is 29.7 Å². The van der Waals surface area contributed by atoms with Gasteiger partial charge in [-0.2, -0.15) is 0 Å². The summed E-state index contributed by atoms with van der Waals surface area (Å²) in [7, 11) is 1.39. The van der Waals surface area contributed by atoms with E-state index in [9.17, 15) is 24.3 Å². The fraction of sp³-hybridized carbons (Fsp3) is 0.565. The van der Waals surface area contributed by atoms with Crippen LogP contribution in [0.3, 0.4) is 0 Å². The number of likely N-dealkylation sites (N-methyl/N-ethyl adjacent to an activating group) is 1. The molecule has 0 bridgehead atoms. The number of benzene rings is 1. The number of amides is 4. The summed E-state index contributed by atoms with van der Waals surface area (Å²) in [6.45, 7) is 7.65. The third-order valence-corrected chi connectivity index (χ3v) is 6.30. The lowest BCUT2D eigenvalue weighted by Gasteiger charge is -2.37. The number of likely N-dealkylation sites (tertiary alicyclic amines) is 1. The molecule has 0 radical (unpaired) electrons. The average Bonchev–Trinajstić information content (AvgIpc) is 3.01. The summed E-state index contributed by atoms with van der Waals surface area (Å²) < 4.78 is 5.44. The highest BCUT2D eigenvalue weighted by molar-refractivity contribution is 6.05. The molecule has 33 heavy (non-hydrogen) atoms. The van der Waals surface area contributed by atoms with E-state index in [-0.39, 0.29) is 24.8 Å². The van der Waals surface area contributed by atoms with Crippen LogP contribution in [0.15, 0.2) is 18.2 Å². The number of piperidine rings is 1. The van der Waals surface area contributed by atoms with Gasteiger partial charge in [0.05, 0.1) is 0 Å². The zero-order valence-electron chi connectivity index (χ0n) is 19.4. The van der Waals surface area contributed by atoms with E-state index in [4.69, 9.17) is 4.74 Å². The zero-order valence-corrected chi connectivity index (χ0v) is 19.4. The van der Waals surface area contributed by atoms with Crippen molar-refractivity contribution in [3.63, 3.8) is 0 Å². The van der Waals surface area contributed by atoms with Crippen LogP contribution in [0.2, 0.25) is 0 Å². The van der Waals surface area contributed by atoms with Gasteiger partial charge in [-0.3, -0.25) is 24.2 Å². The van der Waals surface area contributed by atoms with Gasteiger partial charge in [0.2, 0.25) is 5.91 Å². The summed E-state index contributed by atoms with van der Waals surface area (Å²) in [5.41, 5.74) is 1.07. The Bertz CT molecular complexity index is 995. The maximum atomic E-state index is 13.0. The number of hydrogen-bond donors (Lipinski definition) is 1. The van der Waals surface area contributed by atoms with Gasteiger partial charge >= 0.3 is 6.09 Å². The van der Waals surface area contributed by atoms with Gasteiger partial charge in [0.15, 0.2) is 6.23 Å². The molecule has 2 atom stereocenters. The molecule has 178 valence electrons. The molecule has 3 aliphatic heterocycles. The number of anilines is 1. The van der Waals surface area contributed by atoms with Gasteiger partial charge in [0.25, 0.3) is 11.8 Å². The van der Waals surface area contributed by atoms with Crippen molar-refractivity contribution in [1.82, 2.24) is 14.7 Å². The first-order valence-electron chi connectivity index (χ1n) is 11.2. The van der Waals surface area contributed by atoms with E-state index in [0.717, 1.165) is 10.6 Å². The number of carbonyl (C=O) groups is 4. The molecule has 0 aromatic heterocycles. The van der Waals surface area contributed by atoms with Crippen molar-refractivity contribution in [2.45, 2.75) is 51.5 Å². The summed E-state index contributed by atoms with van der Waals surface area (Å²) in [6, 6.07) is 4.37. The van der Waals surface area contributed by atoms with Crippen LogP contribution in [0.1, 0.15) is 55.8 Å². The molecule has 10 nitrogen and oxygen atoms in total. The molecule has 2 saturated heterocycles. The predicted molar refractivity (Wildman–Crippen MR) is 118 cm³/mol. The number of rotatable bonds is 2. The Morgan fingerprint density at radius 3 is 2.39 bits per heavy atom. The second-order valence-electron chi connectivity index (χ2n) is 9.66. The number of ether oxygens (including phenoxy) is 1. The van der Waals surface area contributed by atoms with Gasteiger partial charge in [-0.05, 0) is 45.4 Å². The van der Waals surface area contributed by atoms with E-state index in [0.29, 0.717) is 37.3 Å². The first-order chi connectivity index (χ1) is 15.5. The fourth-order valence-corrected chi connectivity index (χ4v) is 4.50. The van der Waals surface area contributed by atoms with Crippen LogP contribution in [0.25, 0.3) is 0 Å². The predicted octanol–water partition coefficient (Wildman–Crippen LogP) is 1.34.